The van der Waals surface area contributed by atoms with Gasteiger partial charge in [0.15, 0.2) is 9.79 Å². The van der Waals surface area contributed by atoms with Crippen molar-refractivity contribution in [2.24, 2.45) is 0 Å². The van der Waals surface area contributed by atoms with Gasteiger partial charge in [-0.2, -0.15) is 0 Å². The molecule has 218 valence electrons. The summed E-state index contributed by atoms with van der Waals surface area (Å²) < 4.78 is 67.2. The molecule has 0 aromatic heterocycles. The molecule has 16 heteroatoms. The van der Waals surface area contributed by atoms with E-state index >= 15 is 0 Å². The summed E-state index contributed by atoms with van der Waals surface area (Å²) in [6, 6.07) is 18.7. The molecule has 0 bridgehead atoms. The fourth-order valence-corrected chi connectivity index (χ4v) is 6.47. The highest BCUT2D eigenvalue weighted by Gasteiger charge is 2.27. The van der Waals surface area contributed by atoms with Gasteiger partial charge in [0, 0.05) is 12.1 Å². The largest absolute Gasteiger partial charge is 0.495 e. The van der Waals surface area contributed by atoms with Gasteiger partial charge in [0.25, 0.3) is 31.4 Å². The highest BCUT2D eigenvalue weighted by molar-refractivity contribution is 7.93. The Morgan fingerprint density at radius 1 is 0.595 bits per heavy atom. The van der Waals surface area contributed by atoms with Crippen LogP contribution in [0.25, 0.3) is 11.1 Å². The number of hydrogen-bond donors (Lipinski definition) is 2. The topological polar surface area (TPSA) is 197 Å². The molecule has 0 spiro atoms. The summed E-state index contributed by atoms with van der Waals surface area (Å²) in [5.74, 6) is 0.185. The second kappa shape index (κ2) is 11.7. The number of ether oxygens (including phenoxy) is 2. The van der Waals surface area contributed by atoms with Crippen molar-refractivity contribution in [1.82, 2.24) is 0 Å². The maximum atomic E-state index is 13.0. The van der Waals surface area contributed by atoms with Crippen LogP contribution in [0.15, 0.2) is 94.7 Å². The third-order valence-corrected chi connectivity index (χ3v) is 8.75. The molecule has 4 aromatic rings. The third kappa shape index (κ3) is 6.08. The zero-order valence-corrected chi connectivity index (χ0v) is 23.5. The minimum Gasteiger partial charge on any atom is -0.495 e. The average Bonchev–Trinajstić information content (AvgIpc) is 2.97. The zero-order chi connectivity index (χ0) is 30.7. The Labute approximate surface area is 239 Å². The molecule has 2 N–H and O–H groups in total. The van der Waals surface area contributed by atoms with Crippen molar-refractivity contribution in [3.8, 4) is 22.6 Å². The lowest BCUT2D eigenvalue weighted by Gasteiger charge is -2.15. The van der Waals surface area contributed by atoms with E-state index in [1.165, 1.54) is 62.8 Å². The van der Waals surface area contributed by atoms with E-state index in [0.717, 1.165) is 24.3 Å². The quantitative estimate of drug-likeness (QED) is 0.175. The lowest BCUT2D eigenvalue weighted by atomic mass is 10.0. The van der Waals surface area contributed by atoms with E-state index in [-0.39, 0.29) is 22.9 Å². The SMILES string of the molecule is COc1cc(-c2ccc(NS(=O)(=O)c3ccccc3[N+](=O)[O-])c(OC)c2)ccc1NS(=O)(=O)c1ccccc1[N+](=O)[O-]. The van der Waals surface area contributed by atoms with E-state index in [4.69, 9.17) is 9.47 Å². The van der Waals surface area contributed by atoms with Gasteiger partial charge in [0.2, 0.25) is 0 Å². The summed E-state index contributed by atoms with van der Waals surface area (Å²) in [6.07, 6.45) is 0. The second-order valence-corrected chi connectivity index (χ2v) is 11.8. The van der Waals surface area contributed by atoms with E-state index in [2.05, 4.69) is 9.44 Å². The summed E-state index contributed by atoms with van der Waals surface area (Å²) in [6.45, 7) is 0. The number of para-hydroxylation sites is 2. The average molecular weight is 615 g/mol. The highest BCUT2D eigenvalue weighted by Crippen LogP contribution is 2.37. The Morgan fingerprint density at radius 2 is 0.952 bits per heavy atom. The Morgan fingerprint density at radius 3 is 1.29 bits per heavy atom. The number of nitro benzene ring substituents is 2. The predicted octanol–water partition coefficient (Wildman–Crippen LogP) is 4.79. The number of sulfonamides is 2. The summed E-state index contributed by atoms with van der Waals surface area (Å²) in [7, 11) is -6.11. The van der Waals surface area contributed by atoms with E-state index < -0.39 is 51.1 Å². The lowest BCUT2D eigenvalue weighted by Crippen LogP contribution is -2.15. The van der Waals surface area contributed by atoms with E-state index in [9.17, 15) is 37.1 Å². The molecule has 4 rings (SSSR count). The van der Waals surface area contributed by atoms with Crippen LogP contribution in [0, 0.1) is 20.2 Å². The van der Waals surface area contributed by atoms with Gasteiger partial charge in [0.05, 0.1) is 35.4 Å². The highest BCUT2D eigenvalue weighted by atomic mass is 32.2. The minimum absolute atomic E-state index is 0.0141. The molecule has 4 aromatic carbocycles. The Bertz CT molecular complexity index is 1770. The van der Waals surface area contributed by atoms with Gasteiger partial charge in [0.1, 0.15) is 11.5 Å². The van der Waals surface area contributed by atoms with Crippen molar-refractivity contribution in [2.45, 2.75) is 9.79 Å². The zero-order valence-electron chi connectivity index (χ0n) is 21.9. The standard InChI is InChI=1S/C26H22N4O10S2/c1-39-23-15-17(11-13-19(23)27-41(35,36)25-9-5-3-7-21(25)29(31)32)18-12-14-20(24(16-18)40-2)28-42(37,38)26-10-6-4-8-22(26)30(33)34/h3-16,27-28H,1-2H3. The van der Waals surface area contributed by atoms with Gasteiger partial charge < -0.3 is 9.47 Å². The van der Waals surface area contributed by atoms with Crippen LogP contribution >= 0.6 is 0 Å². The summed E-state index contributed by atoms with van der Waals surface area (Å²) >= 11 is 0. The molecule has 0 aliphatic heterocycles. The van der Waals surface area contributed by atoms with Gasteiger partial charge in [-0.15, -0.1) is 0 Å². The number of benzene rings is 4. The summed E-state index contributed by atoms with van der Waals surface area (Å²) in [5, 5.41) is 22.7. The molecular formula is C26H22N4O10S2. The Kier molecular flexibility index (Phi) is 8.30. The van der Waals surface area contributed by atoms with Crippen LogP contribution < -0.4 is 18.9 Å². The van der Waals surface area contributed by atoms with Crippen LogP contribution in [0.2, 0.25) is 0 Å². The van der Waals surface area contributed by atoms with Crippen molar-refractivity contribution in [3.63, 3.8) is 0 Å². The minimum atomic E-state index is -4.36. The van der Waals surface area contributed by atoms with E-state index in [1.807, 2.05) is 0 Å². The molecule has 0 aliphatic rings. The van der Waals surface area contributed by atoms with Crippen molar-refractivity contribution in [2.75, 3.05) is 23.7 Å². The second-order valence-electron chi connectivity index (χ2n) is 8.49. The van der Waals surface area contributed by atoms with Gasteiger partial charge in [-0.25, -0.2) is 16.8 Å². The molecule has 0 fully saturated rings. The number of rotatable bonds is 11. The molecule has 0 saturated heterocycles. The van der Waals surface area contributed by atoms with Gasteiger partial charge in [-0.05, 0) is 47.5 Å². The normalized spacial score (nSPS) is 11.4. The van der Waals surface area contributed by atoms with Crippen molar-refractivity contribution in [1.29, 1.82) is 0 Å². The molecule has 0 unspecified atom stereocenters. The van der Waals surface area contributed by atoms with Crippen LogP contribution in [0.3, 0.4) is 0 Å². The van der Waals surface area contributed by atoms with E-state index in [0.29, 0.717) is 11.1 Å². The Hall–Kier alpha value is -5.22. The van der Waals surface area contributed by atoms with Gasteiger partial charge in [-0.1, -0.05) is 36.4 Å². The molecule has 0 aliphatic carbocycles. The van der Waals surface area contributed by atoms with Crippen LogP contribution in [0.4, 0.5) is 22.7 Å². The third-order valence-electron chi connectivity index (χ3n) is 5.93. The van der Waals surface area contributed by atoms with Gasteiger partial charge >= 0.3 is 0 Å². The number of nitro groups is 2. The van der Waals surface area contributed by atoms with Gasteiger partial charge in [-0.3, -0.25) is 29.7 Å². The number of nitrogens with one attached hydrogen (secondary N) is 2. The van der Waals surface area contributed by atoms with E-state index in [1.54, 1.807) is 12.1 Å². The van der Waals surface area contributed by atoms with Crippen molar-refractivity contribution >= 4 is 42.8 Å². The first kappa shape index (κ1) is 29.8. The molecule has 0 amide bonds. The van der Waals surface area contributed by atoms with Crippen LogP contribution in [0.1, 0.15) is 0 Å². The van der Waals surface area contributed by atoms with Crippen molar-refractivity contribution < 1.29 is 36.2 Å². The fraction of sp³-hybridized carbons (Fsp3) is 0.0769. The molecule has 0 saturated carbocycles. The molecular weight excluding hydrogens is 592 g/mol. The molecule has 0 heterocycles. The summed E-state index contributed by atoms with van der Waals surface area (Å²) in [4.78, 5) is 20.0. The molecule has 14 nitrogen and oxygen atoms in total. The molecule has 0 atom stereocenters. The first-order valence-corrected chi connectivity index (χ1v) is 14.7. The smallest absolute Gasteiger partial charge is 0.289 e. The first-order valence-electron chi connectivity index (χ1n) is 11.8. The number of methoxy groups -OCH3 is 2. The number of nitrogens with zero attached hydrogens (tertiary/aromatic N) is 2. The maximum absolute atomic E-state index is 13.0. The van der Waals surface area contributed by atoms with Crippen molar-refractivity contribution in [3.05, 3.63) is 105 Å². The van der Waals surface area contributed by atoms with Crippen LogP contribution in [-0.4, -0.2) is 40.9 Å². The maximum Gasteiger partial charge on any atom is 0.289 e. The number of hydrogen-bond acceptors (Lipinski definition) is 10. The Balaban J connectivity index is 1.65. The van der Waals surface area contributed by atoms with Crippen LogP contribution in [0.5, 0.6) is 11.5 Å². The molecule has 0 radical (unpaired) electrons. The van der Waals surface area contributed by atoms with Crippen LogP contribution in [-0.2, 0) is 20.0 Å². The number of anilines is 2. The molecule has 42 heavy (non-hydrogen) atoms. The predicted molar refractivity (Wildman–Crippen MR) is 153 cm³/mol. The monoisotopic (exact) mass is 614 g/mol. The summed E-state index contributed by atoms with van der Waals surface area (Å²) in [5.41, 5.74) is -0.116. The first-order chi connectivity index (χ1) is 19.9. The fourth-order valence-electron chi connectivity index (χ4n) is 3.98. The lowest BCUT2D eigenvalue weighted by molar-refractivity contribution is -0.388.